The largest absolute Gasteiger partial charge is 0.275 e. The normalized spacial score (nSPS) is 16.4. The Kier molecular flexibility index (Phi) is 2.70. The van der Waals surface area contributed by atoms with Gasteiger partial charge in [0.2, 0.25) is 0 Å². The summed E-state index contributed by atoms with van der Waals surface area (Å²) in [4.78, 5) is 19.0. The second-order valence-corrected chi connectivity index (χ2v) is 4.04. The zero-order chi connectivity index (χ0) is 10.1. The van der Waals surface area contributed by atoms with Crippen LogP contribution in [0.25, 0.3) is 0 Å². The Labute approximate surface area is 91.5 Å². The minimum absolute atomic E-state index is 0.155. The van der Waals surface area contributed by atoms with Gasteiger partial charge in [-0.15, -0.1) is 0 Å². The average Bonchev–Trinajstić information content (AvgIpc) is 2.00. The van der Waals surface area contributed by atoms with Gasteiger partial charge in [-0.05, 0) is 24.4 Å². The molecule has 1 aliphatic carbocycles. The van der Waals surface area contributed by atoms with Gasteiger partial charge in [-0.1, -0.05) is 18.0 Å². The van der Waals surface area contributed by atoms with E-state index in [1.54, 1.807) is 0 Å². The van der Waals surface area contributed by atoms with Crippen molar-refractivity contribution in [1.29, 1.82) is 0 Å². The van der Waals surface area contributed by atoms with Gasteiger partial charge >= 0.3 is 0 Å². The lowest BCUT2D eigenvalue weighted by atomic mass is 9.85. The molecule has 1 aromatic rings. The summed E-state index contributed by atoms with van der Waals surface area (Å²) in [5, 5.41) is -0.461. The molecule has 1 aliphatic rings. The molecule has 0 unspecified atom stereocenters. The van der Waals surface area contributed by atoms with Crippen molar-refractivity contribution >= 4 is 28.4 Å². The number of nitrogens with zero attached hydrogens (tertiary/aromatic N) is 2. The van der Waals surface area contributed by atoms with Crippen molar-refractivity contribution in [2.24, 2.45) is 0 Å². The summed E-state index contributed by atoms with van der Waals surface area (Å²) in [6, 6.07) is 0. The quantitative estimate of drug-likeness (QED) is 0.580. The van der Waals surface area contributed by atoms with Crippen LogP contribution in [0.1, 0.15) is 41.4 Å². The number of hydrogen-bond donors (Lipinski definition) is 0. The summed E-state index contributed by atoms with van der Waals surface area (Å²) in [5.41, 5.74) is 0.177. The van der Waals surface area contributed by atoms with E-state index in [0.29, 0.717) is 5.92 Å². The molecule has 1 heterocycles. The zero-order valence-electron chi connectivity index (χ0n) is 7.33. The Morgan fingerprint density at radius 1 is 1.50 bits per heavy atom. The molecule has 1 fully saturated rings. The van der Waals surface area contributed by atoms with Crippen LogP contribution in [-0.4, -0.2) is 15.2 Å². The fraction of sp³-hybridized carbons (Fsp3) is 0.444. The highest BCUT2D eigenvalue weighted by molar-refractivity contribution is 6.68. The van der Waals surface area contributed by atoms with E-state index in [1.807, 2.05) is 0 Å². The molecule has 0 bridgehead atoms. The van der Waals surface area contributed by atoms with Gasteiger partial charge in [-0.2, -0.15) is 0 Å². The smallest absolute Gasteiger partial charge is 0.257 e. The number of carbonyl (C=O) groups excluding carboxylic acids is 1. The molecule has 0 saturated heterocycles. The standard InChI is InChI=1S/C9H8Cl2N2O/c10-7-6(8(11)14)4-12-9(13-7)5-2-1-3-5/h4-5H,1-3H2. The van der Waals surface area contributed by atoms with Crippen molar-refractivity contribution in [3.63, 3.8) is 0 Å². The lowest BCUT2D eigenvalue weighted by Gasteiger charge is -2.23. The Bertz CT molecular complexity index is 377. The second kappa shape index (κ2) is 3.83. The van der Waals surface area contributed by atoms with Crippen LogP contribution >= 0.6 is 23.2 Å². The minimum Gasteiger partial charge on any atom is -0.275 e. The molecule has 0 N–H and O–H groups in total. The minimum atomic E-state index is -0.616. The van der Waals surface area contributed by atoms with E-state index in [2.05, 4.69) is 9.97 Å². The van der Waals surface area contributed by atoms with Gasteiger partial charge in [-0.25, -0.2) is 9.97 Å². The Balaban J connectivity index is 2.30. The maximum absolute atomic E-state index is 10.8. The topological polar surface area (TPSA) is 42.9 Å². The highest BCUT2D eigenvalue weighted by Crippen LogP contribution is 2.34. The van der Waals surface area contributed by atoms with Crippen molar-refractivity contribution < 1.29 is 4.79 Å². The highest BCUT2D eigenvalue weighted by atomic mass is 35.5. The molecule has 3 nitrogen and oxygen atoms in total. The predicted octanol–water partition coefficient (Wildman–Crippen LogP) is 2.78. The van der Waals surface area contributed by atoms with E-state index in [4.69, 9.17) is 23.2 Å². The van der Waals surface area contributed by atoms with Gasteiger partial charge < -0.3 is 0 Å². The first kappa shape index (κ1) is 9.87. The predicted molar refractivity (Wildman–Crippen MR) is 53.8 cm³/mol. The maximum Gasteiger partial charge on any atom is 0.257 e. The van der Waals surface area contributed by atoms with Crippen molar-refractivity contribution in [3.05, 3.63) is 22.7 Å². The lowest BCUT2D eigenvalue weighted by Crippen LogP contribution is -2.13. The molecule has 0 amide bonds. The summed E-state index contributed by atoms with van der Waals surface area (Å²) in [6.45, 7) is 0. The maximum atomic E-state index is 10.8. The van der Waals surface area contributed by atoms with Crippen molar-refractivity contribution in [3.8, 4) is 0 Å². The molecule has 0 spiro atoms. The summed E-state index contributed by atoms with van der Waals surface area (Å²) in [5.74, 6) is 1.13. The molecule has 0 aromatic carbocycles. The van der Waals surface area contributed by atoms with E-state index in [0.717, 1.165) is 18.7 Å². The Morgan fingerprint density at radius 2 is 2.21 bits per heavy atom. The van der Waals surface area contributed by atoms with Crippen molar-refractivity contribution in [1.82, 2.24) is 9.97 Å². The molecule has 2 rings (SSSR count). The van der Waals surface area contributed by atoms with Crippen molar-refractivity contribution in [2.75, 3.05) is 0 Å². The number of rotatable bonds is 2. The zero-order valence-corrected chi connectivity index (χ0v) is 8.85. The molecule has 1 aromatic heterocycles. The monoisotopic (exact) mass is 230 g/mol. The van der Waals surface area contributed by atoms with Crippen LogP contribution in [0.2, 0.25) is 5.15 Å². The Morgan fingerprint density at radius 3 is 2.64 bits per heavy atom. The molecular formula is C9H8Cl2N2O. The molecule has 0 aliphatic heterocycles. The molecule has 5 heteroatoms. The van der Waals surface area contributed by atoms with E-state index in [1.165, 1.54) is 12.6 Å². The van der Waals surface area contributed by atoms with Gasteiger partial charge in [0.05, 0.1) is 5.56 Å². The van der Waals surface area contributed by atoms with E-state index >= 15 is 0 Å². The fourth-order valence-corrected chi connectivity index (χ4v) is 1.78. The van der Waals surface area contributed by atoms with Crippen LogP contribution in [0.3, 0.4) is 0 Å². The number of aromatic nitrogens is 2. The number of hydrogen-bond acceptors (Lipinski definition) is 3. The van der Waals surface area contributed by atoms with Gasteiger partial charge in [-0.3, -0.25) is 4.79 Å². The fourth-order valence-electron chi connectivity index (χ4n) is 1.37. The number of carbonyl (C=O) groups is 1. The van der Waals surface area contributed by atoms with E-state index < -0.39 is 5.24 Å². The van der Waals surface area contributed by atoms with Crippen LogP contribution in [0.5, 0.6) is 0 Å². The molecular weight excluding hydrogens is 223 g/mol. The molecule has 0 radical (unpaired) electrons. The first-order chi connectivity index (χ1) is 6.68. The first-order valence-corrected chi connectivity index (χ1v) is 5.16. The van der Waals surface area contributed by atoms with Crippen LogP contribution < -0.4 is 0 Å². The SMILES string of the molecule is O=C(Cl)c1cnc(C2CCC2)nc1Cl. The van der Waals surface area contributed by atoms with Gasteiger partial charge in [0.15, 0.2) is 0 Å². The van der Waals surface area contributed by atoms with E-state index in [-0.39, 0.29) is 10.7 Å². The van der Waals surface area contributed by atoms with Crippen LogP contribution in [0.4, 0.5) is 0 Å². The summed E-state index contributed by atoms with van der Waals surface area (Å²) in [6.07, 6.45) is 4.81. The van der Waals surface area contributed by atoms with Gasteiger partial charge in [0.25, 0.3) is 5.24 Å². The first-order valence-electron chi connectivity index (χ1n) is 4.40. The average molecular weight is 231 g/mol. The Hall–Kier alpha value is -0.670. The van der Waals surface area contributed by atoms with E-state index in [9.17, 15) is 4.79 Å². The molecule has 0 atom stereocenters. The molecule has 1 saturated carbocycles. The van der Waals surface area contributed by atoms with Gasteiger partial charge in [0.1, 0.15) is 11.0 Å². The second-order valence-electron chi connectivity index (χ2n) is 3.33. The third-order valence-electron chi connectivity index (χ3n) is 2.44. The molecule has 14 heavy (non-hydrogen) atoms. The lowest BCUT2D eigenvalue weighted by molar-refractivity contribution is 0.108. The molecule has 74 valence electrons. The van der Waals surface area contributed by atoms with Crippen LogP contribution in [0, 0.1) is 0 Å². The van der Waals surface area contributed by atoms with Crippen LogP contribution in [0.15, 0.2) is 6.20 Å². The summed E-state index contributed by atoms with van der Waals surface area (Å²) >= 11 is 11.1. The summed E-state index contributed by atoms with van der Waals surface area (Å²) < 4.78 is 0. The highest BCUT2D eigenvalue weighted by Gasteiger charge is 2.23. The third-order valence-corrected chi connectivity index (χ3v) is 2.93. The van der Waals surface area contributed by atoms with Gasteiger partial charge in [0, 0.05) is 12.1 Å². The van der Waals surface area contributed by atoms with Crippen molar-refractivity contribution in [2.45, 2.75) is 25.2 Å². The van der Waals surface area contributed by atoms with Crippen LogP contribution in [-0.2, 0) is 0 Å². The third kappa shape index (κ3) is 1.74. The summed E-state index contributed by atoms with van der Waals surface area (Å²) in [7, 11) is 0. The number of halogens is 2.